The summed E-state index contributed by atoms with van der Waals surface area (Å²) in [6.45, 7) is 3.94. The van der Waals surface area contributed by atoms with Gasteiger partial charge in [-0.1, -0.05) is 24.3 Å². The number of benzene rings is 2. The number of nitrogens with zero attached hydrogens (tertiary/aromatic N) is 2. The van der Waals surface area contributed by atoms with Crippen LogP contribution in [0.3, 0.4) is 0 Å². The Balaban J connectivity index is 1.70. The number of aromatic nitrogens is 2. The lowest BCUT2D eigenvalue weighted by molar-refractivity contribution is 0.102. The zero-order chi connectivity index (χ0) is 19.9. The summed E-state index contributed by atoms with van der Waals surface area (Å²) in [6, 6.07) is 18.0. The molecule has 0 aliphatic heterocycles. The molecule has 0 saturated carbocycles. The minimum absolute atomic E-state index is 0.0570. The Morgan fingerprint density at radius 1 is 0.893 bits per heavy atom. The molecule has 0 radical (unpaired) electrons. The lowest BCUT2D eigenvalue weighted by Gasteiger charge is -2.15. The summed E-state index contributed by atoms with van der Waals surface area (Å²) in [7, 11) is 1.52. The van der Waals surface area contributed by atoms with E-state index in [2.05, 4.69) is 20.8 Å². The molecule has 2 aromatic carbocycles. The summed E-state index contributed by atoms with van der Waals surface area (Å²) >= 11 is 0. The first-order valence-corrected chi connectivity index (χ1v) is 8.87. The monoisotopic (exact) mass is 378 g/mol. The number of methoxy groups -OCH3 is 1. The van der Waals surface area contributed by atoms with E-state index in [0.717, 1.165) is 11.4 Å². The fourth-order valence-electron chi connectivity index (χ4n) is 2.55. The molecule has 0 unspecified atom stereocenters. The summed E-state index contributed by atoms with van der Waals surface area (Å²) < 4.78 is 11.0. The molecule has 0 bridgehead atoms. The lowest BCUT2D eigenvalue weighted by Crippen LogP contribution is -2.14. The minimum Gasteiger partial charge on any atom is -0.496 e. The Bertz CT molecular complexity index is 942. The predicted molar refractivity (Wildman–Crippen MR) is 108 cm³/mol. The highest BCUT2D eigenvalue weighted by atomic mass is 16.5. The van der Waals surface area contributed by atoms with Crippen LogP contribution >= 0.6 is 0 Å². The molecule has 1 heterocycles. The number of ether oxygens (including phenoxy) is 2. The predicted octanol–water partition coefficient (Wildman–Crippen LogP) is 4.27. The number of anilines is 3. The molecule has 7 heteroatoms. The molecule has 0 aliphatic carbocycles. The van der Waals surface area contributed by atoms with Crippen LogP contribution in [-0.4, -0.2) is 29.3 Å². The van der Waals surface area contributed by atoms with E-state index in [4.69, 9.17) is 9.47 Å². The Kier molecular flexibility index (Phi) is 6.06. The van der Waals surface area contributed by atoms with E-state index >= 15 is 0 Å². The maximum absolute atomic E-state index is 12.4. The lowest BCUT2D eigenvalue weighted by atomic mass is 10.2. The second-order valence-corrected chi connectivity index (χ2v) is 6.25. The van der Waals surface area contributed by atoms with Crippen molar-refractivity contribution in [2.24, 2.45) is 0 Å². The van der Waals surface area contributed by atoms with Gasteiger partial charge in [-0.25, -0.2) is 0 Å². The number of nitrogens with one attached hydrogen (secondary N) is 2. The van der Waals surface area contributed by atoms with E-state index in [9.17, 15) is 4.79 Å². The van der Waals surface area contributed by atoms with E-state index in [1.54, 1.807) is 36.4 Å². The molecule has 0 atom stereocenters. The molecule has 2 N–H and O–H groups in total. The van der Waals surface area contributed by atoms with E-state index in [0.29, 0.717) is 22.9 Å². The van der Waals surface area contributed by atoms with Crippen LogP contribution in [0.2, 0.25) is 0 Å². The third kappa shape index (κ3) is 4.76. The molecule has 3 rings (SSSR count). The fourth-order valence-corrected chi connectivity index (χ4v) is 2.55. The minimum atomic E-state index is -0.317. The van der Waals surface area contributed by atoms with Crippen molar-refractivity contribution in [2.45, 2.75) is 20.0 Å². The van der Waals surface area contributed by atoms with Crippen LogP contribution in [-0.2, 0) is 0 Å². The molecule has 28 heavy (non-hydrogen) atoms. The third-order valence-electron chi connectivity index (χ3n) is 3.77. The fraction of sp³-hybridized carbons (Fsp3) is 0.190. The van der Waals surface area contributed by atoms with Crippen molar-refractivity contribution in [2.75, 3.05) is 17.7 Å². The van der Waals surface area contributed by atoms with Gasteiger partial charge in [0, 0.05) is 0 Å². The van der Waals surface area contributed by atoms with Gasteiger partial charge in [-0.15, -0.1) is 10.2 Å². The van der Waals surface area contributed by atoms with Crippen LogP contribution in [0.5, 0.6) is 11.5 Å². The molecular formula is C21H22N4O3. The molecule has 0 fully saturated rings. The zero-order valence-corrected chi connectivity index (χ0v) is 16.0. The smallest absolute Gasteiger partial charge is 0.260 e. The molecule has 0 spiro atoms. The third-order valence-corrected chi connectivity index (χ3v) is 3.77. The number of hydrogen-bond acceptors (Lipinski definition) is 6. The van der Waals surface area contributed by atoms with Gasteiger partial charge >= 0.3 is 0 Å². The highest BCUT2D eigenvalue weighted by molar-refractivity contribution is 6.05. The van der Waals surface area contributed by atoms with Gasteiger partial charge in [0.25, 0.3) is 5.91 Å². The maximum Gasteiger partial charge on any atom is 0.260 e. The summed E-state index contributed by atoms with van der Waals surface area (Å²) in [5, 5.41) is 14.1. The van der Waals surface area contributed by atoms with Crippen LogP contribution in [0.1, 0.15) is 24.2 Å². The number of amides is 1. The first-order valence-electron chi connectivity index (χ1n) is 8.87. The average Bonchev–Trinajstić information content (AvgIpc) is 2.70. The van der Waals surface area contributed by atoms with Crippen molar-refractivity contribution in [3.63, 3.8) is 0 Å². The number of para-hydroxylation sites is 3. The first-order chi connectivity index (χ1) is 13.6. The molecule has 1 aromatic heterocycles. The molecule has 7 nitrogen and oxygen atoms in total. The topological polar surface area (TPSA) is 85.4 Å². The Morgan fingerprint density at radius 3 is 2.21 bits per heavy atom. The average molecular weight is 378 g/mol. The van der Waals surface area contributed by atoms with Crippen LogP contribution in [0.4, 0.5) is 17.3 Å². The SMILES string of the molecule is COc1ccccc1C(=O)Nc1ccc(Nc2ccccc2OC(C)C)nn1. The van der Waals surface area contributed by atoms with Gasteiger partial charge in [-0.2, -0.15) is 0 Å². The Labute approximate surface area is 163 Å². The largest absolute Gasteiger partial charge is 0.496 e. The summed E-state index contributed by atoms with van der Waals surface area (Å²) in [6.07, 6.45) is 0.0570. The number of rotatable bonds is 7. The van der Waals surface area contributed by atoms with Crippen LogP contribution in [0.15, 0.2) is 60.7 Å². The van der Waals surface area contributed by atoms with Crippen molar-refractivity contribution in [3.05, 3.63) is 66.2 Å². The second-order valence-electron chi connectivity index (χ2n) is 6.25. The zero-order valence-electron chi connectivity index (χ0n) is 16.0. The van der Waals surface area contributed by atoms with Gasteiger partial charge in [-0.05, 0) is 50.2 Å². The van der Waals surface area contributed by atoms with E-state index in [1.807, 2.05) is 38.1 Å². The molecular weight excluding hydrogens is 356 g/mol. The molecule has 0 saturated heterocycles. The van der Waals surface area contributed by atoms with E-state index in [1.165, 1.54) is 7.11 Å². The molecule has 144 valence electrons. The van der Waals surface area contributed by atoms with Gasteiger partial charge in [-0.3, -0.25) is 4.79 Å². The van der Waals surface area contributed by atoms with Crippen molar-refractivity contribution < 1.29 is 14.3 Å². The van der Waals surface area contributed by atoms with Gasteiger partial charge in [0.1, 0.15) is 11.5 Å². The van der Waals surface area contributed by atoms with E-state index < -0.39 is 0 Å². The molecule has 0 aliphatic rings. The molecule has 3 aromatic rings. The van der Waals surface area contributed by atoms with Crippen LogP contribution in [0.25, 0.3) is 0 Å². The maximum atomic E-state index is 12.4. The van der Waals surface area contributed by atoms with Crippen molar-refractivity contribution in [3.8, 4) is 11.5 Å². The highest BCUT2D eigenvalue weighted by Gasteiger charge is 2.13. The summed E-state index contributed by atoms with van der Waals surface area (Å²) in [5.74, 6) is 1.78. The van der Waals surface area contributed by atoms with Crippen molar-refractivity contribution in [1.82, 2.24) is 10.2 Å². The van der Waals surface area contributed by atoms with Crippen molar-refractivity contribution in [1.29, 1.82) is 0 Å². The van der Waals surface area contributed by atoms with Gasteiger partial charge in [0.15, 0.2) is 11.6 Å². The number of hydrogen-bond donors (Lipinski definition) is 2. The summed E-state index contributed by atoms with van der Waals surface area (Å²) in [4.78, 5) is 12.4. The van der Waals surface area contributed by atoms with Gasteiger partial charge < -0.3 is 20.1 Å². The van der Waals surface area contributed by atoms with E-state index in [-0.39, 0.29) is 12.0 Å². The Hall–Kier alpha value is -3.61. The summed E-state index contributed by atoms with van der Waals surface area (Å²) in [5.41, 5.74) is 1.21. The standard InChI is InChI=1S/C21H22N4O3/c1-14(2)28-18-11-7-5-9-16(18)22-19-12-13-20(25-24-19)23-21(26)15-8-4-6-10-17(15)27-3/h4-14H,1-3H3,(H,22,24)(H,23,25,26). The normalized spacial score (nSPS) is 10.4. The van der Waals surface area contributed by atoms with Crippen molar-refractivity contribution >= 4 is 23.2 Å². The van der Waals surface area contributed by atoms with Crippen LogP contribution < -0.4 is 20.1 Å². The number of carbonyl (C=O) groups excluding carboxylic acids is 1. The van der Waals surface area contributed by atoms with Gasteiger partial charge in [0.2, 0.25) is 0 Å². The van der Waals surface area contributed by atoms with Crippen LogP contribution in [0, 0.1) is 0 Å². The second kappa shape index (κ2) is 8.85. The first kappa shape index (κ1) is 19.2. The van der Waals surface area contributed by atoms with Gasteiger partial charge in [0.05, 0.1) is 24.5 Å². The highest BCUT2D eigenvalue weighted by Crippen LogP contribution is 2.27. The number of carbonyl (C=O) groups is 1. The Morgan fingerprint density at radius 2 is 1.54 bits per heavy atom. The molecule has 1 amide bonds. The quantitative estimate of drug-likeness (QED) is 0.639.